The molecule has 1 aliphatic carbocycles. The Labute approximate surface area is 185 Å². The van der Waals surface area contributed by atoms with Crippen LogP contribution in [0.2, 0.25) is 0 Å². The molecule has 2 N–H and O–H groups in total. The van der Waals surface area contributed by atoms with E-state index in [1.54, 1.807) is 0 Å². The van der Waals surface area contributed by atoms with E-state index in [2.05, 4.69) is 20.6 Å². The van der Waals surface area contributed by atoms with Crippen LogP contribution in [0.4, 0.5) is 0 Å². The monoisotopic (exact) mass is 438 g/mol. The van der Waals surface area contributed by atoms with Crippen LogP contribution in [0, 0.1) is 20.8 Å². The van der Waals surface area contributed by atoms with Crippen molar-refractivity contribution in [2.45, 2.75) is 46.1 Å². The Kier molecular flexibility index (Phi) is 6.18. The highest BCUT2D eigenvalue weighted by atomic mass is 32.1. The molecule has 1 aliphatic rings. The summed E-state index contributed by atoms with van der Waals surface area (Å²) in [6.45, 7) is 6.32. The fraction of sp³-hybridized carbons (Fsp3) is 0.391. The minimum absolute atomic E-state index is 0.0315. The summed E-state index contributed by atoms with van der Waals surface area (Å²) >= 11 is 1.41. The second-order valence-corrected chi connectivity index (χ2v) is 8.87. The normalized spacial score (nSPS) is 13.3. The van der Waals surface area contributed by atoms with Gasteiger partial charge in [0.2, 0.25) is 0 Å². The molecular weight excluding hydrogens is 412 g/mol. The summed E-state index contributed by atoms with van der Waals surface area (Å²) in [5.41, 5.74) is 2.92. The van der Waals surface area contributed by atoms with Gasteiger partial charge in [-0.1, -0.05) is 12.1 Å². The van der Waals surface area contributed by atoms with Crippen molar-refractivity contribution in [3.63, 3.8) is 0 Å². The number of aryl methyl sites for hydroxylation is 3. The molecule has 0 bridgehead atoms. The van der Waals surface area contributed by atoms with E-state index in [-0.39, 0.29) is 18.4 Å². The largest absolute Gasteiger partial charge is 0.484 e. The van der Waals surface area contributed by atoms with E-state index >= 15 is 0 Å². The first-order chi connectivity index (χ1) is 14.9. The van der Waals surface area contributed by atoms with Crippen molar-refractivity contribution in [3.05, 3.63) is 51.8 Å². The Morgan fingerprint density at radius 3 is 2.58 bits per heavy atom. The van der Waals surface area contributed by atoms with Crippen LogP contribution in [0.1, 0.15) is 45.2 Å². The smallest absolute Gasteiger partial charge is 0.261 e. The predicted molar refractivity (Wildman–Crippen MR) is 121 cm³/mol. The van der Waals surface area contributed by atoms with Gasteiger partial charge in [0, 0.05) is 23.7 Å². The highest BCUT2D eigenvalue weighted by Gasteiger charge is 2.23. The van der Waals surface area contributed by atoms with Gasteiger partial charge in [0.05, 0.1) is 4.88 Å². The summed E-state index contributed by atoms with van der Waals surface area (Å²) in [7, 11) is 0. The van der Waals surface area contributed by atoms with E-state index in [0.29, 0.717) is 35.5 Å². The maximum Gasteiger partial charge on any atom is 0.261 e. The first kappa shape index (κ1) is 21.2. The molecule has 0 saturated heterocycles. The third kappa shape index (κ3) is 5.19. The lowest BCUT2D eigenvalue weighted by molar-refractivity contribution is -0.123. The number of amides is 2. The van der Waals surface area contributed by atoms with Gasteiger partial charge in [-0.25, -0.2) is 9.97 Å². The molecule has 1 aromatic carbocycles. The Bertz CT molecular complexity index is 1120. The van der Waals surface area contributed by atoms with Crippen LogP contribution in [0.15, 0.2) is 24.3 Å². The molecule has 1 saturated carbocycles. The second-order valence-electron chi connectivity index (χ2n) is 7.87. The van der Waals surface area contributed by atoms with Crippen LogP contribution < -0.4 is 15.4 Å². The summed E-state index contributed by atoms with van der Waals surface area (Å²) in [5.74, 6) is 1.21. The molecule has 0 unspecified atom stereocenters. The summed E-state index contributed by atoms with van der Waals surface area (Å²) in [4.78, 5) is 34.8. The summed E-state index contributed by atoms with van der Waals surface area (Å²) < 4.78 is 5.52. The van der Waals surface area contributed by atoms with Crippen LogP contribution in [0.3, 0.4) is 0 Å². The fourth-order valence-corrected chi connectivity index (χ4v) is 4.68. The van der Waals surface area contributed by atoms with Crippen molar-refractivity contribution in [1.29, 1.82) is 0 Å². The number of ether oxygens (including phenoxy) is 1. The number of rotatable bonds is 8. The van der Waals surface area contributed by atoms with Crippen LogP contribution >= 0.6 is 11.3 Å². The SMILES string of the molecule is Cc1nc(C)c2c(C)c(C(=O)NCCc3ccc(OCC(=O)NC4CC4)cc3)sc2n1. The molecule has 8 heteroatoms. The molecule has 31 heavy (non-hydrogen) atoms. The van der Waals surface area contributed by atoms with Gasteiger partial charge in [0.15, 0.2) is 6.61 Å². The zero-order valence-electron chi connectivity index (χ0n) is 17.9. The lowest BCUT2D eigenvalue weighted by Crippen LogP contribution is -2.30. The van der Waals surface area contributed by atoms with Gasteiger partial charge in [-0.05, 0) is 63.3 Å². The zero-order chi connectivity index (χ0) is 22.0. The quantitative estimate of drug-likeness (QED) is 0.563. The molecule has 7 nitrogen and oxygen atoms in total. The average molecular weight is 439 g/mol. The van der Waals surface area contributed by atoms with Crippen molar-refractivity contribution in [3.8, 4) is 5.75 Å². The first-order valence-electron chi connectivity index (χ1n) is 10.4. The highest BCUT2D eigenvalue weighted by Crippen LogP contribution is 2.31. The Balaban J connectivity index is 1.28. The number of nitrogens with one attached hydrogen (secondary N) is 2. The highest BCUT2D eigenvalue weighted by molar-refractivity contribution is 7.20. The van der Waals surface area contributed by atoms with Crippen molar-refractivity contribution >= 4 is 33.4 Å². The van der Waals surface area contributed by atoms with Gasteiger partial charge in [-0.2, -0.15) is 0 Å². The number of benzene rings is 1. The minimum atomic E-state index is -0.0841. The molecule has 0 aliphatic heterocycles. The lowest BCUT2D eigenvalue weighted by atomic mass is 10.1. The Morgan fingerprint density at radius 2 is 1.87 bits per heavy atom. The van der Waals surface area contributed by atoms with E-state index in [0.717, 1.165) is 39.9 Å². The topological polar surface area (TPSA) is 93.2 Å². The number of carbonyl (C=O) groups excluding carboxylic acids is 2. The Hall–Kier alpha value is -3.00. The molecule has 162 valence electrons. The maximum absolute atomic E-state index is 12.7. The number of nitrogens with zero attached hydrogens (tertiary/aromatic N) is 2. The molecule has 0 spiro atoms. The third-order valence-corrected chi connectivity index (χ3v) is 6.41. The molecule has 3 aromatic rings. The van der Waals surface area contributed by atoms with Crippen molar-refractivity contribution < 1.29 is 14.3 Å². The number of fused-ring (bicyclic) bond motifs is 1. The van der Waals surface area contributed by atoms with E-state index in [4.69, 9.17) is 4.74 Å². The second kappa shape index (κ2) is 9.01. The van der Waals surface area contributed by atoms with Crippen molar-refractivity contribution in [2.24, 2.45) is 0 Å². The number of hydrogen-bond acceptors (Lipinski definition) is 6. The predicted octanol–water partition coefficient (Wildman–Crippen LogP) is 3.25. The van der Waals surface area contributed by atoms with Crippen LogP contribution in [-0.2, 0) is 11.2 Å². The molecule has 2 heterocycles. The van der Waals surface area contributed by atoms with E-state index in [1.165, 1.54) is 11.3 Å². The standard InChI is InChI=1S/C23H26N4O3S/c1-13-20-14(2)25-15(3)26-23(20)31-21(13)22(29)24-11-10-16-4-8-18(9-5-16)30-12-19(28)27-17-6-7-17/h4-5,8-9,17H,6-7,10-12H2,1-3H3,(H,24,29)(H,27,28). The van der Waals surface area contributed by atoms with E-state index in [1.807, 2.05) is 45.0 Å². The number of hydrogen-bond donors (Lipinski definition) is 2. The molecule has 2 amide bonds. The summed E-state index contributed by atoms with van der Waals surface area (Å²) in [6.07, 6.45) is 2.83. The minimum Gasteiger partial charge on any atom is -0.484 e. The van der Waals surface area contributed by atoms with Gasteiger partial charge in [-0.15, -0.1) is 11.3 Å². The van der Waals surface area contributed by atoms with Gasteiger partial charge in [-0.3, -0.25) is 9.59 Å². The molecular formula is C23H26N4O3S. The zero-order valence-corrected chi connectivity index (χ0v) is 18.8. The van der Waals surface area contributed by atoms with Crippen LogP contribution in [0.5, 0.6) is 5.75 Å². The van der Waals surface area contributed by atoms with Crippen molar-refractivity contribution in [2.75, 3.05) is 13.2 Å². The van der Waals surface area contributed by atoms with Gasteiger partial charge >= 0.3 is 0 Å². The molecule has 2 aromatic heterocycles. The third-order valence-electron chi connectivity index (χ3n) is 5.22. The first-order valence-corrected chi connectivity index (χ1v) is 11.3. The fourth-order valence-electron chi connectivity index (χ4n) is 3.49. The number of carbonyl (C=O) groups is 2. The van der Waals surface area contributed by atoms with Crippen molar-refractivity contribution in [1.82, 2.24) is 20.6 Å². The summed E-state index contributed by atoms with van der Waals surface area (Å²) in [6, 6.07) is 7.94. The van der Waals surface area contributed by atoms with E-state index < -0.39 is 0 Å². The Morgan fingerprint density at radius 1 is 1.13 bits per heavy atom. The molecule has 4 rings (SSSR count). The molecule has 0 atom stereocenters. The number of thiophene rings is 1. The van der Waals surface area contributed by atoms with Crippen LogP contribution in [-0.4, -0.2) is 41.0 Å². The van der Waals surface area contributed by atoms with Gasteiger partial charge in [0.25, 0.3) is 11.8 Å². The van der Waals surface area contributed by atoms with E-state index in [9.17, 15) is 9.59 Å². The van der Waals surface area contributed by atoms with Gasteiger partial charge in [0.1, 0.15) is 16.4 Å². The molecule has 1 fully saturated rings. The van der Waals surface area contributed by atoms with Gasteiger partial charge < -0.3 is 15.4 Å². The maximum atomic E-state index is 12.7. The van der Waals surface area contributed by atoms with Crippen LogP contribution in [0.25, 0.3) is 10.2 Å². The number of aromatic nitrogens is 2. The summed E-state index contributed by atoms with van der Waals surface area (Å²) in [5, 5.41) is 6.87. The lowest BCUT2D eigenvalue weighted by Gasteiger charge is -2.08. The molecule has 0 radical (unpaired) electrons. The average Bonchev–Trinajstić information content (AvgIpc) is 3.48.